The Kier molecular flexibility index (Phi) is 4.30. The Morgan fingerprint density at radius 1 is 1.22 bits per heavy atom. The van der Waals surface area contributed by atoms with Crippen molar-refractivity contribution < 1.29 is 27.9 Å². The molecule has 98 valence electrons. The lowest BCUT2D eigenvalue weighted by molar-refractivity contribution is -0.175. The summed E-state index contributed by atoms with van der Waals surface area (Å²) in [5, 5.41) is 10.2. The molecule has 0 spiro atoms. The molecule has 0 aromatic heterocycles. The number of hydrogen-bond acceptors (Lipinski definition) is 2. The van der Waals surface area contributed by atoms with E-state index in [-0.39, 0.29) is 6.42 Å². The Labute approximate surface area is 100 Å². The summed E-state index contributed by atoms with van der Waals surface area (Å²) in [5.41, 5.74) is 0.521. The maximum atomic E-state index is 12.0. The van der Waals surface area contributed by atoms with Crippen LogP contribution in [0.25, 0.3) is 0 Å². The number of alkyl halides is 3. The monoisotopic (exact) mass is 261 g/mol. The molecule has 0 unspecified atom stereocenters. The first-order valence-electron chi connectivity index (χ1n) is 4.95. The van der Waals surface area contributed by atoms with Gasteiger partial charge in [-0.15, -0.1) is 0 Å². The number of amides is 1. The molecule has 1 rings (SSSR count). The number of benzene rings is 1. The minimum absolute atomic E-state index is 0.210. The van der Waals surface area contributed by atoms with Crippen LogP contribution in [0.15, 0.2) is 30.3 Å². The first-order valence-corrected chi connectivity index (χ1v) is 4.95. The van der Waals surface area contributed by atoms with Gasteiger partial charge in [-0.3, -0.25) is 4.79 Å². The van der Waals surface area contributed by atoms with Crippen molar-refractivity contribution in [3.8, 4) is 0 Å². The zero-order chi connectivity index (χ0) is 13.8. The predicted octanol–water partition coefficient (Wildman–Crippen LogP) is 1.36. The van der Waals surface area contributed by atoms with Crippen molar-refractivity contribution in [1.29, 1.82) is 0 Å². The largest absolute Gasteiger partial charge is 0.480 e. The van der Waals surface area contributed by atoms with Gasteiger partial charge >= 0.3 is 18.1 Å². The molecule has 7 heteroatoms. The lowest BCUT2D eigenvalue weighted by atomic mass is 10.1. The van der Waals surface area contributed by atoms with E-state index < -0.39 is 24.1 Å². The first kappa shape index (κ1) is 14.0. The molecule has 1 amide bonds. The van der Waals surface area contributed by atoms with Gasteiger partial charge in [0.15, 0.2) is 0 Å². The molecule has 0 aliphatic carbocycles. The van der Waals surface area contributed by atoms with E-state index in [9.17, 15) is 22.8 Å². The highest BCUT2D eigenvalue weighted by Crippen LogP contribution is 2.15. The summed E-state index contributed by atoms with van der Waals surface area (Å²) in [6.45, 7) is 0. The Morgan fingerprint density at radius 2 is 1.78 bits per heavy atom. The molecule has 0 radical (unpaired) electrons. The molecule has 4 nitrogen and oxygen atoms in total. The third kappa shape index (κ3) is 4.08. The van der Waals surface area contributed by atoms with Gasteiger partial charge in [0, 0.05) is 6.42 Å². The van der Waals surface area contributed by atoms with Crippen LogP contribution in [0.4, 0.5) is 13.2 Å². The van der Waals surface area contributed by atoms with Gasteiger partial charge in [0.1, 0.15) is 6.04 Å². The second-order valence-electron chi connectivity index (χ2n) is 3.55. The highest BCUT2D eigenvalue weighted by Gasteiger charge is 2.40. The summed E-state index contributed by atoms with van der Waals surface area (Å²) in [7, 11) is 0. The van der Waals surface area contributed by atoms with Crippen LogP contribution in [0.5, 0.6) is 0 Å². The number of carboxylic acid groups (broad SMARTS) is 1. The smallest absolute Gasteiger partial charge is 0.471 e. The third-order valence-corrected chi connectivity index (χ3v) is 2.14. The van der Waals surface area contributed by atoms with Crippen molar-refractivity contribution in [2.45, 2.75) is 18.6 Å². The highest BCUT2D eigenvalue weighted by atomic mass is 19.4. The van der Waals surface area contributed by atoms with Crippen LogP contribution in [0.2, 0.25) is 0 Å². The van der Waals surface area contributed by atoms with Crippen molar-refractivity contribution in [2.24, 2.45) is 0 Å². The molecule has 18 heavy (non-hydrogen) atoms. The average molecular weight is 261 g/mol. The molecule has 0 heterocycles. The van der Waals surface area contributed by atoms with Crippen LogP contribution in [0.3, 0.4) is 0 Å². The van der Waals surface area contributed by atoms with E-state index in [1.54, 1.807) is 30.3 Å². The fourth-order valence-electron chi connectivity index (χ4n) is 1.29. The Morgan fingerprint density at radius 3 is 2.22 bits per heavy atom. The van der Waals surface area contributed by atoms with Crippen molar-refractivity contribution in [3.63, 3.8) is 0 Å². The van der Waals surface area contributed by atoms with Crippen LogP contribution >= 0.6 is 0 Å². The zero-order valence-electron chi connectivity index (χ0n) is 9.07. The number of carboxylic acids is 1. The lowest BCUT2D eigenvalue weighted by Gasteiger charge is -2.15. The maximum absolute atomic E-state index is 12.0. The van der Waals surface area contributed by atoms with Gasteiger partial charge in [0.25, 0.3) is 0 Å². The molecule has 0 saturated carbocycles. The normalized spacial score (nSPS) is 12.8. The van der Waals surface area contributed by atoms with Crippen LogP contribution in [-0.4, -0.2) is 29.2 Å². The topological polar surface area (TPSA) is 66.4 Å². The van der Waals surface area contributed by atoms with Crippen molar-refractivity contribution in [1.82, 2.24) is 5.32 Å². The van der Waals surface area contributed by atoms with Gasteiger partial charge in [0.05, 0.1) is 0 Å². The van der Waals surface area contributed by atoms with Crippen molar-refractivity contribution in [2.75, 3.05) is 0 Å². The van der Waals surface area contributed by atoms with Gasteiger partial charge in [0.2, 0.25) is 0 Å². The SMILES string of the molecule is O=C(O)[C@@H](Cc1ccccc1)NC(=O)C(F)(F)F. The second-order valence-corrected chi connectivity index (χ2v) is 3.55. The van der Waals surface area contributed by atoms with E-state index in [0.717, 1.165) is 0 Å². The lowest BCUT2D eigenvalue weighted by Crippen LogP contribution is -2.47. The predicted molar refractivity (Wildman–Crippen MR) is 55.8 cm³/mol. The molecule has 0 bridgehead atoms. The average Bonchev–Trinajstić information content (AvgIpc) is 2.28. The molecular weight excluding hydrogens is 251 g/mol. The summed E-state index contributed by atoms with van der Waals surface area (Å²) in [6.07, 6.45) is -5.30. The molecule has 0 saturated heterocycles. The van der Waals surface area contributed by atoms with Crippen molar-refractivity contribution in [3.05, 3.63) is 35.9 Å². The van der Waals surface area contributed by atoms with E-state index in [1.807, 2.05) is 0 Å². The zero-order valence-corrected chi connectivity index (χ0v) is 9.07. The van der Waals surface area contributed by atoms with Crippen LogP contribution in [-0.2, 0) is 16.0 Å². The molecule has 1 aromatic rings. The van der Waals surface area contributed by atoms with Gasteiger partial charge < -0.3 is 10.4 Å². The molecule has 1 atom stereocenters. The molecule has 1 aromatic carbocycles. The van der Waals surface area contributed by atoms with Gasteiger partial charge in [-0.2, -0.15) is 13.2 Å². The fourth-order valence-corrected chi connectivity index (χ4v) is 1.29. The van der Waals surface area contributed by atoms with E-state index in [4.69, 9.17) is 5.11 Å². The Balaban J connectivity index is 2.73. The number of halogens is 3. The number of nitrogens with one attached hydrogen (secondary N) is 1. The van der Waals surface area contributed by atoms with E-state index in [1.165, 1.54) is 5.32 Å². The summed E-state index contributed by atoms with van der Waals surface area (Å²) in [4.78, 5) is 21.5. The summed E-state index contributed by atoms with van der Waals surface area (Å²) < 4.78 is 36.0. The van der Waals surface area contributed by atoms with Crippen molar-refractivity contribution >= 4 is 11.9 Å². The maximum Gasteiger partial charge on any atom is 0.471 e. The summed E-state index contributed by atoms with van der Waals surface area (Å²) >= 11 is 0. The number of carbonyl (C=O) groups is 2. The van der Waals surface area contributed by atoms with Gasteiger partial charge in [-0.25, -0.2) is 4.79 Å². The Bertz CT molecular complexity index is 431. The van der Waals surface area contributed by atoms with Crippen LogP contribution in [0, 0.1) is 0 Å². The number of carbonyl (C=O) groups excluding carboxylic acids is 1. The molecule has 0 aliphatic rings. The molecule has 0 aliphatic heterocycles. The second kappa shape index (κ2) is 5.52. The van der Waals surface area contributed by atoms with Crippen LogP contribution in [0.1, 0.15) is 5.56 Å². The Hall–Kier alpha value is -2.05. The quantitative estimate of drug-likeness (QED) is 0.860. The molecular formula is C11H10F3NO3. The number of rotatable bonds is 4. The van der Waals surface area contributed by atoms with E-state index in [2.05, 4.69) is 0 Å². The number of hydrogen-bond donors (Lipinski definition) is 2. The van der Waals surface area contributed by atoms with E-state index in [0.29, 0.717) is 5.56 Å². The fraction of sp³-hybridized carbons (Fsp3) is 0.273. The first-order chi connectivity index (χ1) is 8.30. The number of aliphatic carboxylic acids is 1. The molecule has 2 N–H and O–H groups in total. The highest BCUT2D eigenvalue weighted by molar-refractivity contribution is 5.87. The van der Waals surface area contributed by atoms with Crippen LogP contribution < -0.4 is 5.32 Å². The summed E-state index contributed by atoms with van der Waals surface area (Å²) in [5.74, 6) is -3.78. The third-order valence-electron chi connectivity index (χ3n) is 2.14. The summed E-state index contributed by atoms with van der Waals surface area (Å²) in [6, 6.07) is 6.46. The minimum atomic E-state index is -5.09. The van der Waals surface area contributed by atoms with Gasteiger partial charge in [-0.1, -0.05) is 30.3 Å². The van der Waals surface area contributed by atoms with Gasteiger partial charge in [-0.05, 0) is 5.56 Å². The standard InChI is InChI=1S/C11H10F3NO3/c12-11(13,14)10(18)15-8(9(16)17)6-7-4-2-1-3-5-7/h1-5,8H,6H2,(H,15,18)(H,16,17)/t8-/m1/s1. The molecule has 0 fully saturated rings. The van der Waals surface area contributed by atoms with E-state index >= 15 is 0 Å². The minimum Gasteiger partial charge on any atom is -0.480 e.